The number of nitrogens with zero attached hydrogens (tertiary/aromatic N) is 1. The van der Waals surface area contributed by atoms with Crippen molar-refractivity contribution in [2.24, 2.45) is 0 Å². The van der Waals surface area contributed by atoms with Gasteiger partial charge in [-0.15, -0.1) is 0 Å². The third-order valence-corrected chi connectivity index (χ3v) is 2.94. The molecule has 0 bridgehead atoms. The van der Waals surface area contributed by atoms with Crippen LogP contribution in [0.3, 0.4) is 0 Å². The molecule has 0 amide bonds. The highest BCUT2D eigenvalue weighted by molar-refractivity contribution is 5.75. The maximum atomic E-state index is 13.5. The summed E-state index contributed by atoms with van der Waals surface area (Å²) < 4.78 is 13.5. The van der Waals surface area contributed by atoms with Crippen LogP contribution in [0.15, 0.2) is 12.1 Å². The van der Waals surface area contributed by atoms with E-state index in [0.29, 0.717) is 6.04 Å². The van der Waals surface area contributed by atoms with Gasteiger partial charge in [0.25, 0.3) is 0 Å². The first-order valence-corrected chi connectivity index (χ1v) is 5.69. The minimum absolute atomic E-state index is 0.205. The SMILES string of the molecule is CC(C)N1CCCNc2cc(N)c(F)cc21. The standard InChI is InChI=1S/C12H18FN3/c1-8(2)16-5-3-4-15-11-7-10(14)9(13)6-12(11)16/h6-8,15H,3-5,14H2,1-2H3. The molecule has 0 unspecified atom stereocenters. The fourth-order valence-electron chi connectivity index (χ4n) is 2.09. The van der Waals surface area contributed by atoms with E-state index in [2.05, 4.69) is 24.1 Å². The Labute approximate surface area is 95.4 Å². The summed E-state index contributed by atoms with van der Waals surface area (Å²) in [6, 6.07) is 3.58. The normalized spacial score (nSPS) is 15.6. The van der Waals surface area contributed by atoms with E-state index >= 15 is 0 Å². The molecule has 88 valence electrons. The predicted octanol–water partition coefficient (Wildman–Crippen LogP) is 2.44. The van der Waals surface area contributed by atoms with Crippen LogP contribution in [-0.2, 0) is 0 Å². The smallest absolute Gasteiger partial charge is 0.148 e. The maximum absolute atomic E-state index is 13.5. The zero-order valence-corrected chi connectivity index (χ0v) is 9.76. The van der Waals surface area contributed by atoms with E-state index in [1.54, 1.807) is 6.07 Å². The summed E-state index contributed by atoms with van der Waals surface area (Å²) in [5.74, 6) is -0.340. The van der Waals surface area contributed by atoms with E-state index in [1.165, 1.54) is 6.07 Å². The molecule has 2 rings (SSSR count). The predicted molar refractivity (Wildman–Crippen MR) is 66.4 cm³/mol. The lowest BCUT2D eigenvalue weighted by atomic mass is 10.2. The molecule has 0 saturated carbocycles. The molecular weight excluding hydrogens is 205 g/mol. The molecule has 0 fully saturated rings. The van der Waals surface area contributed by atoms with Crippen LogP contribution in [0, 0.1) is 5.82 Å². The molecule has 1 aromatic rings. The van der Waals surface area contributed by atoms with Crippen LogP contribution >= 0.6 is 0 Å². The lowest BCUT2D eigenvalue weighted by Gasteiger charge is -2.28. The van der Waals surface area contributed by atoms with Gasteiger partial charge in [0.15, 0.2) is 0 Å². The molecule has 0 aromatic heterocycles. The Kier molecular flexibility index (Phi) is 2.90. The molecular formula is C12H18FN3. The summed E-state index contributed by atoms with van der Waals surface area (Å²) >= 11 is 0. The van der Waals surface area contributed by atoms with E-state index in [1.807, 2.05) is 0 Å². The third kappa shape index (κ3) is 1.92. The molecule has 1 heterocycles. The minimum atomic E-state index is -0.340. The van der Waals surface area contributed by atoms with Crippen molar-refractivity contribution >= 4 is 17.1 Å². The summed E-state index contributed by atoms with van der Waals surface area (Å²) in [6.07, 6.45) is 1.05. The van der Waals surface area contributed by atoms with Gasteiger partial charge in [-0.25, -0.2) is 4.39 Å². The fraction of sp³-hybridized carbons (Fsp3) is 0.500. The Morgan fingerprint density at radius 3 is 2.88 bits per heavy atom. The Morgan fingerprint density at radius 1 is 1.44 bits per heavy atom. The number of fused-ring (bicyclic) bond motifs is 1. The van der Waals surface area contributed by atoms with E-state index in [-0.39, 0.29) is 11.5 Å². The second-order valence-electron chi connectivity index (χ2n) is 4.46. The molecule has 0 radical (unpaired) electrons. The second-order valence-corrected chi connectivity index (χ2v) is 4.46. The lowest BCUT2D eigenvalue weighted by molar-refractivity contribution is 0.627. The number of hydrogen-bond donors (Lipinski definition) is 2. The number of anilines is 3. The second kappa shape index (κ2) is 4.20. The van der Waals surface area contributed by atoms with Gasteiger partial charge in [0.1, 0.15) is 5.82 Å². The molecule has 1 aliphatic rings. The highest BCUT2D eigenvalue weighted by atomic mass is 19.1. The summed E-state index contributed by atoms with van der Waals surface area (Å²) in [5.41, 5.74) is 7.64. The van der Waals surface area contributed by atoms with E-state index in [4.69, 9.17) is 5.73 Å². The van der Waals surface area contributed by atoms with Crippen LogP contribution in [-0.4, -0.2) is 19.1 Å². The van der Waals surface area contributed by atoms with Gasteiger partial charge in [0.2, 0.25) is 0 Å². The van der Waals surface area contributed by atoms with Gasteiger partial charge in [-0.05, 0) is 26.3 Å². The van der Waals surface area contributed by atoms with E-state index in [9.17, 15) is 4.39 Å². The minimum Gasteiger partial charge on any atom is -0.396 e. The number of nitrogens with one attached hydrogen (secondary N) is 1. The van der Waals surface area contributed by atoms with Crippen molar-refractivity contribution in [3.8, 4) is 0 Å². The molecule has 1 aromatic carbocycles. The van der Waals surface area contributed by atoms with Crippen LogP contribution < -0.4 is 16.0 Å². The van der Waals surface area contributed by atoms with Gasteiger partial charge in [0, 0.05) is 25.2 Å². The molecule has 0 spiro atoms. The summed E-state index contributed by atoms with van der Waals surface area (Å²) in [5, 5.41) is 3.29. The Balaban J connectivity index is 2.48. The van der Waals surface area contributed by atoms with Crippen LogP contribution in [0.5, 0.6) is 0 Å². The Morgan fingerprint density at radius 2 is 2.19 bits per heavy atom. The molecule has 3 nitrogen and oxygen atoms in total. The van der Waals surface area contributed by atoms with Gasteiger partial charge in [-0.2, -0.15) is 0 Å². The number of nitrogens with two attached hydrogens (primary N) is 1. The third-order valence-electron chi connectivity index (χ3n) is 2.94. The molecule has 4 heteroatoms. The van der Waals surface area contributed by atoms with Crippen molar-refractivity contribution in [3.63, 3.8) is 0 Å². The quantitative estimate of drug-likeness (QED) is 0.718. The van der Waals surface area contributed by atoms with Crippen LogP contribution in [0.25, 0.3) is 0 Å². The topological polar surface area (TPSA) is 41.3 Å². The van der Waals surface area contributed by atoms with Gasteiger partial charge in [-0.1, -0.05) is 0 Å². The van der Waals surface area contributed by atoms with Crippen LogP contribution in [0.4, 0.5) is 21.5 Å². The van der Waals surface area contributed by atoms with E-state index < -0.39 is 0 Å². The van der Waals surface area contributed by atoms with Gasteiger partial charge >= 0.3 is 0 Å². The Bertz CT molecular complexity index is 390. The molecule has 1 aliphatic heterocycles. The summed E-state index contributed by atoms with van der Waals surface area (Å²) in [4.78, 5) is 2.21. The largest absolute Gasteiger partial charge is 0.396 e. The first kappa shape index (κ1) is 11.0. The number of hydrogen-bond acceptors (Lipinski definition) is 3. The van der Waals surface area contributed by atoms with Crippen molar-refractivity contribution in [2.45, 2.75) is 26.3 Å². The average molecular weight is 223 g/mol. The molecule has 3 N–H and O–H groups in total. The summed E-state index contributed by atoms with van der Waals surface area (Å²) in [7, 11) is 0. The Hall–Kier alpha value is -1.45. The zero-order chi connectivity index (χ0) is 11.7. The van der Waals surface area contributed by atoms with Crippen LogP contribution in [0.2, 0.25) is 0 Å². The fourth-order valence-corrected chi connectivity index (χ4v) is 2.09. The molecule has 0 aliphatic carbocycles. The molecule has 16 heavy (non-hydrogen) atoms. The van der Waals surface area contributed by atoms with Crippen molar-refractivity contribution in [3.05, 3.63) is 17.9 Å². The first-order valence-electron chi connectivity index (χ1n) is 5.69. The van der Waals surface area contributed by atoms with Gasteiger partial charge in [0.05, 0.1) is 17.1 Å². The molecule has 0 saturated heterocycles. The summed E-state index contributed by atoms with van der Waals surface area (Å²) in [6.45, 7) is 6.08. The first-order chi connectivity index (χ1) is 7.59. The number of benzene rings is 1. The average Bonchev–Trinajstić information content (AvgIpc) is 2.41. The zero-order valence-electron chi connectivity index (χ0n) is 9.76. The highest BCUT2D eigenvalue weighted by Gasteiger charge is 2.19. The van der Waals surface area contributed by atoms with Crippen molar-refractivity contribution in [2.75, 3.05) is 29.0 Å². The lowest BCUT2D eigenvalue weighted by Crippen LogP contribution is -2.31. The van der Waals surface area contributed by atoms with Crippen LogP contribution in [0.1, 0.15) is 20.3 Å². The van der Waals surface area contributed by atoms with Gasteiger partial charge < -0.3 is 16.0 Å². The maximum Gasteiger partial charge on any atom is 0.148 e. The number of halogens is 1. The van der Waals surface area contributed by atoms with E-state index in [0.717, 1.165) is 30.9 Å². The van der Waals surface area contributed by atoms with Crippen molar-refractivity contribution < 1.29 is 4.39 Å². The number of nitrogen functional groups attached to an aromatic ring is 1. The van der Waals surface area contributed by atoms with Crippen molar-refractivity contribution in [1.82, 2.24) is 0 Å². The number of rotatable bonds is 1. The molecule has 0 atom stereocenters. The monoisotopic (exact) mass is 223 g/mol. The van der Waals surface area contributed by atoms with Crippen molar-refractivity contribution in [1.29, 1.82) is 0 Å². The highest BCUT2D eigenvalue weighted by Crippen LogP contribution is 2.33. The van der Waals surface area contributed by atoms with Gasteiger partial charge in [-0.3, -0.25) is 0 Å².